The average molecular weight is 228 g/mol. The molecule has 0 bridgehead atoms. The van der Waals surface area contributed by atoms with Gasteiger partial charge in [-0.25, -0.2) is 4.79 Å². The summed E-state index contributed by atoms with van der Waals surface area (Å²) in [6, 6.07) is 11.9. The van der Waals surface area contributed by atoms with Gasteiger partial charge in [0.1, 0.15) is 0 Å². The Morgan fingerprint density at radius 2 is 2.12 bits per heavy atom. The maximum atomic E-state index is 10.9. The van der Waals surface area contributed by atoms with Gasteiger partial charge < -0.3 is 5.11 Å². The number of aromatic carboxylic acids is 1. The SMILES string of the molecule is O=C(O)c1cc2n(n1)C(c1ccccc1)CC2. The lowest BCUT2D eigenvalue weighted by Gasteiger charge is -2.11. The predicted molar refractivity (Wildman–Crippen MR) is 62.1 cm³/mol. The zero-order valence-corrected chi connectivity index (χ0v) is 9.21. The second-order valence-corrected chi connectivity index (χ2v) is 4.24. The first-order valence-electron chi connectivity index (χ1n) is 5.62. The lowest BCUT2D eigenvalue weighted by molar-refractivity contribution is 0.0689. The van der Waals surface area contributed by atoms with Crippen LogP contribution in [0.1, 0.15) is 34.2 Å². The molecule has 4 nitrogen and oxygen atoms in total. The van der Waals surface area contributed by atoms with Gasteiger partial charge in [-0.05, 0) is 24.5 Å². The monoisotopic (exact) mass is 228 g/mol. The van der Waals surface area contributed by atoms with Crippen LogP contribution in [0.15, 0.2) is 36.4 Å². The van der Waals surface area contributed by atoms with Crippen molar-refractivity contribution in [3.8, 4) is 0 Å². The van der Waals surface area contributed by atoms with E-state index in [-0.39, 0.29) is 11.7 Å². The van der Waals surface area contributed by atoms with Crippen LogP contribution in [0, 0.1) is 0 Å². The Morgan fingerprint density at radius 3 is 2.82 bits per heavy atom. The topological polar surface area (TPSA) is 55.1 Å². The van der Waals surface area contributed by atoms with Gasteiger partial charge in [0.2, 0.25) is 0 Å². The van der Waals surface area contributed by atoms with E-state index in [1.807, 2.05) is 22.9 Å². The molecule has 0 fully saturated rings. The van der Waals surface area contributed by atoms with E-state index in [9.17, 15) is 4.79 Å². The number of aromatic nitrogens is 2. The minimum Gasteiger partial charge on any atom is -0.476 e. The Labute approximate surface area is 98.5 Å². The van der Waals surface area contributed by atoms with Crippen LogP contribution in [-0.2, 0) is 6.42 Å². The molecule has 2 heterocycles. The largest absolute Gasteiger partial charge is 0.476 e. The molecule has 1 aliphatic heterocycles. The number of nitrogens with zero attached hydrogens (tertiary/aromatic N) is 2. The van der Waals surface area contributed by atoms with Crippen molar-refractivity contribution in [1.29, 1.82) is 0 Å². The smallest absolute Gasteiger partial charge is 0.356 e. The Balaban J connectivity index is 2.01. The molecule has 0 saturated heterocycles. The molecule has 0 spiro atoms. The van der Waals surface area contributed by atoms with Gasteiger partial charge in [0.15, 0.2) is 5.69 Å². The summed E-state index contributed by atoms with van der Waals surface area (Å²) in [5, 5.41) is 13.1. The summed E-state index contributed by atoms with van der Waals surface area (Å²) in [5.74, 6) is -0.960. The first-order chi connectivity index (χ1) is 8.25. The quantitative estimate of drug-likeness (QED) is 0.856. The molecule has 0 radical (unpaired) electrons. The maximum absolute atomic E-state index is 10.9. The third kappa shape index (κ3) is 1.62. The predicted octanol–water partition coefficient (Wildman–Crippen LogP) is 2.12. The van der Waals surface area contributed by atoms with E-state index in [0.29, 0.717) is 0 Å². The summed E-state index contributed by atoms with van der Waals surface area (Å²) in [6.07, 6.45) is 1.88. The van der Waals surface area contributed by atoms with Crippen LogP contribution >= 0.6 is 0 Å². The first-order valence-corrected chi connectivity index (χ1v) is 5.62. The number of fused-ring (bicyclic) bond motifs is 1. The van der Waals surface area contributed by atoms with Crippen molar-refractivity contribution < 1.29 is 9.90 Å². The first kappa shape index (κ1) is 10.1. The Bertz CT molecular complexity index is 560. The second kappa shape index (κ2) is 3.73. The van der Waals surface area contributed by atoms with Crippen LogP contribution in [0.2, 0.25) is 0 Å². The second-order valence-electron chi connectivity index (χ2n) is 4.24. The van der Waals surface area contributed by atoms with Crippen LogP contribution in [0.3, 0.4) is 0 Å². The Kier molecular flexibility index (Phi) is 2.21. The molecule has 17 heavy (non-hydrogen) atoms. The van der Waals surface area contributed by atoms with Gasteiger partial charge in [0, 0.05) is 5.69 Å². The zero-order chi connectivity index (χ0) is 11.8. The summed E-state index contributed by atoms with van der Waals surface area (Å²) in [5.41, 5.74) is 2.34. The molecule has 1 aromatic heterocycles. The number of carboxylic acid groups (broad SMARTS) is 1. The van der Waals surface area contributed by atoms with Crippen molar-refractivity contribution in [2.24, 2.45) is 0 Å². The van der Waals surface area contributed by atoms with Crippen molar-refractivity contribution in [2.75, 3.05) is 0 Å². The number of hydrogen-bond acceptors (Lipinski definition) is 2. The summed E-state index contributed by atoms with van der Waals surface area (Å²) in [6.45, 7) is 0. The normalized spacial score (nSPS) is 18.0. The van der Waals surface area contributed by atoms with E-state index < -0.39 is 5.97 Å². The third-order valence-corrected chi connectivity index (χ3v) is 3.19. The number of carboxylic acids is 1. The summed E-state index contributed by atoms with van der Waals surface area (Å²) >= 11 is 0. The van der Waals surface area contributed by atoms with Gasteiger partial charge in [0.05, 0.1) is 6.04 Å². The van der Waals surface area contributed by atoms with E-state index in [4.69, 9.17) is 5.11 Å². The maximum Gasteiger partial charge on any atom is 0.356 e. The highest BCUT2D eigenvalue weighted by Gasteiger charge is 2.26. The molecule has 2 aromatic rings. The van der Waals surface area contributed by atoms with Crippen molar-refractivity contribution in [3.63, 3.8) is 0 Å². The third-order valence-electron chi connectivity index (χ3n) is 3.19. The molecule has 0 saturated carbocycles. The van der Waals surface area contributed by atoms with Crippen LogP contribution in [-0.4, -0.2) is 20.9 Å². The van der Waals surface area contributed by atoms with Gasteiger partial charge in [0.25, 0.3) is 0 Å². The van der Waals surface area contributed by atoms with E-state index in [2.05, 4.69) is 17.2 Å². The highest BCUT2D eigenvalue weighted by Crippen LogP contribution is 2.31. The summed E-state index contributed by atoms with van der Waals surface area (Å²) in [7, 11) is 0. The van der Waals surface area contributed by atoms with Crippen molar-refractivity contribution >= 4 is 5.97 Å². The average Bonchev–Trinajstić information content (AvgIpc) is 2.89. The molecule has 0 aliphatic carbocycles. The molecule has 1 atom stereocenters. The minimum absolute atomic E-state index is 0.139. The highest BCUT2D eigenvalue weighted by molar-refractivity contribution is 5.85. The fraction of sp³-hybridized carbons (Fsp3) is 0.231. The van der Waals surface area contributed by atoms with Crippen molar-refractivity contribution in [3.05, 3.63) is 53.3 Å². The summed E-state index contributed by atoms with van der Waals surface area (Å²) in [4.78, 5) is 10.9. The number of carbonyl (C=O) groups is 1. The number of hydrogen-bond donors (Lipinski definition) is 1. The van der Waals surface area contributed by atoms with Gasteiger partial charge in [-0.15, -0.1) is 0 Å². The highest BCUT2D eigenvalue weighted by atomic mass is 16.4. The fourth-order valence-corrected chi connectivity index (χ4v) is 2.38. The van der Waals surface area contributed by atoms with Gasteiger partial charge in [-0.1, -0.05) is 30.3 Å². The lowest BCUT2D eigenvalue weighted by atomic mass is 10.1. The van der Waals surface area contributed by atoms with Gasteiger partial charge >= 0.3 is 5.97 Å². The van der Waals surface area contributed by atoms with Crippen molar-refractivity contribution in [1.82, 2.24) is 9.78 Å². The van der Waals surface area contributed by atoms with E-state index in [1.165, 1.54) is 5.56 Å². The molecule has 1 N–H and O–H groups in total. The Hall–Kier alpha value is -2.10. The van der Waals surface area contributed by atoms with E-state index in [1.54, 1.807) is 6.07 Å². The zero-order valence-electron chi connectivity index (χ0n) is 9.21. The Morgan fingerprint density at radius 1 is 1.35 bits per heavy atom. The van der Waals surface area contributed by atoms with E-state index >= 15 is 0 Å². The lowest BCUT2D eigenvalue weighted by Crippen LogP contribution is -2.09. The van der Waals surface area contributed by atoms with Crippen LogP contribution in [0.4, 0.5) is 0 Å². The number of aryl methyl sites for hydroxylation is 1. The van der Waals surface area contributed by atoms with Crippen LogP contribution < -0.4 is 0 Å². The van der Waals surface area contributed by atoms with Gasteiger partial charge in [-0.2, -0.15) is 5.10 Å². The van der Waals surface area contributed by atoms with Gasteiger partial charge in [-0.3, -0.25) is 4.68 Å². The molecule has 86 valence electrons. The molecule has 0 amide bonds. The number of rotatable bonds is 2. The minimum atomic E-state index is -0.960. The molecular formula is C13H12N2O2. The molecule has 1 aliphatic rings. The standard InChI is InChI=1S/C13H12N2O2/c16-13(17)11-8-10-6-7-12(15(10)14-11)9-4-2-1-3-5-9/h1-5,8,12H,6-7H2,(H,16,17). The van der Waals surface area contributed by atoms with E-state index in [0.717, 1.165) is 18.5 Å². The molecule has 3 rings (SSSR count). The number of benzene rings is 1. The molecule has 1 aromatic carbocycles. The summed E-state index contributed by atoms with van der Waals surface area (Å²) < 4.78 is 1.85. The van der Waals surface area contributed by atoms with Crippen LogP contribution in [0.25, 0.3) is 0 Å². The van der Waals surface area contributed by atoms with Crippen molar-refractivity contribution in [2.45, 2.75) is 18.9 Å². The fourth-order valence-electron chi connectivity index (χ4n) is 2.38. The van der Waals surface area contributed by atoms with Crippen LogP contribution in [0.5, 0.6) is 0 Å². The molecule has 1 unspecified atom stereocenters. The molecular weight excluding hydrogens is 216 g/mol. The molecule has 4 heteroatoms.